The maximum absolute atomic E-state index is 14.4. The van der Waals surface area contributed by atoms with E-state index >= 15 is 0 Å². The van der Waals surface area contributed by atoms with Crippen LogP contribution >= 0.6 is 11.8 Å². The van der Waals surface area contributed by atoms with Crippen LogP contribution < -0.4 is 10.5 Å². The first-order valence-electron chi connectivity index (χ1n) is 22.4. The summed E-state index contributed by atoms with van der Waals surface area (Å²) in [5.41, 5.74) is 8.68. The van der Waals surface area contributed by atoms with Crippen molar-refractivity contribution in [2.24, 2.45) is 16.6 Å². The summed E-state index contributed by atoms with van der Waals surface area (Å²) in [6.45, 7) is 28.0. The molecule has 0 aliphatic carbocycles. The molecule has 6 atom stereocenters. The molecule has 0 spiro atoms. The predicted octanol–water partition coefficient (Wildman–Crippen LogP) is 12.1. The number of nitrogens with two attached hydrogens (primary N) is 1. The van der Waals surface area contributed by atoms with Gasteiger partial charge in [0.25, 0.3) is 0 Å². The van der Waals surface area contributed by atoms with Gasteiger partial charge in [-0.05, 0) is 113 Å². The highest BCUT2D eigenvalue weighted by Gasteiger charge is 2.47. The third kappa shape index (κ3) is 15.1. The minimum Gasteiger partial charge on any atom is -0.467 e. The van der Waals surface area contributed by atoms with Crippen LogP contribution in [0.3, 0.4) is 0 Å². The van der Waals surface area contributed by atoms with Crippen molar-refractivity contribution in [1.82, 2.24) is 0 Å². The first kappa shape index (κ1) is 52.9. The van der Waals surface area contributed by atoms with Crippen molar-refractivity contribution in [3.8, 4) is 5.75 Å². The van der Waals surface area contributed by atoms with E-state index in [2.05, 4.69) is 78.4 Å². The zero-order valence-electron chi connectivity index (χ0n) is 40.7. The highest BCUT2D eigenvalue weighted by molar-refractivity contribution is 7.99. The van der Waals surface area contributed by atoms with E-state index in [9.17, 15) is 9.59 Å². The van der Waals surface area contributed by atoms with Crippen LogP contribution in [0.4, 0.5) is 5.69 Å². The first-order valence-corrected chi connectivity index (χ1v) is 29.9. The Morgan fingerprint density at radius 2 is 1.59 bits per heavy atom. The van der Waals surface area contributed by atoms with Crippen molar-refractivity contribution in [3.63, 3.8) is 0 Å². The Hall–Kier alpha value is -3.77. The van der Waals surface area contributed by atoms with Crippen LogP contribution in [0.2, 0.25) is 43.8 Å². The number of hydrogen-bond acceptors (Lipinski definition) is 11. The standard InChI is InChI=1S/C50H74N2O9SSi2/c1-34(36(3)61-64(13,14)49(4,5)6)25-26-39(58-47(53)37-21-17-15-18-22-37)46-40(59-50(7,8)60-46)27-28-42(62-38-23-19-16-20-24-38)44-43(48(54)56-29-30-63(10,11)12)41(57-33-55-9)31-35(2)45(44)52-32-51/h15-26,31-32,34,36,39-40,42,46H,27-30,33H2,1-14H3,(H2,51,52)/b26-25-/t34-,36-,39?,40+,42?,46-/m1/s1. The van der Waals surface area contributed by atoms with Crippen LogP contribution in [0.5, 0.6) is 5.75 Å². The number of carbonyl (C=O) groups excluding carboxylic acids is 2. The number of ether oxygens (including phenoxy) is 6. The smallest absolute Gasteiger partial charge is 0.342 e. The van der Waals surface area contributed by atoms with Crippen molar-refractivity contribution >= 4 is 52.1 Å². The number of nitrogens with zero attached hydrogens (tertiary/aromatic N) is 1. The summed E-state index contributed by atoms with van der Waals surface area (Å²) in [7, 11) is -2.07. The van der Waals surface area contributed by atoms with Crippen molar-refractivity contribution < 1.29 is 42.4 Å². The maximum atomic E-state index is 14.4. The number of methoxy groups -OCH3 is 1. The summed E-state index contributed by atoms with van der Waals surface area (Å²) in [5.74, 6) is -1.65. The Balaban J connectivity index is 1.81. The average Bonchev–Trinajstić information content (AvgIpc) is 3.53. The van der Waals surface area contributed by atoms with E-state index in [0.717, 1.165) is 16.5 Å². The number of hydrogen-bond donors (Lipinski definition) is 1. The summed E-state index contributed by atoms with van der Waals surface area (Å²) >= 11 is 1.60. The molecule has 4 rings (SSSR count). The molecule has 0 bridgehead atoms. The van der Waals surface area contributed by atoms with Gasteiger partial charge < -0.3 is 38.6 Å². The van der Waals surface area contributed by atoms with Gasteiger partial charge in [0, 0.05) is 37.0 Å². The summed E-state index contributed by atoms with van der Waals surface area (Å²) in [6.07, 6.45) is 4.04. The van der Waals surface area contributed by atoms with E-state index in [1.807, 2.05) is 75.4 Å². The minimum absolute atomic E-state index is 0.00577. The second-order valence-corrected chi connectivity index (χ2v) is 31.5. The molecule has 3 aromatic carbocycles. The van der Waals surface area contributed by atoms with E-state index in [4.69, 9.17) is 38.6 Å². The lowest BCUT2D eigenvalue weighted by Gasteiger charge is -2.39. The van der Waals surface area contributed by atoms with Crippen molar-refractivity contribution in [2.45, 2.75) is 152 Å². The van der Waals surface area contributed by atoms with Crippen LogP contribution in [0.15, 0.2) is 88.8 Å². The molecule has 0 saturated carbocycles. The van der Waals surface area contributed by atoms with Crippen LogP contribution in [-0.2, 0) is 28.1 Å². The second kappa shape index (κ2) is 23.1. The number of esters is 2. The number of thioether (sulfide) groups is 1. The lowest BCUT2D eigenvalue weighted by Crippen LogP contribution is -2.44. The van der Waals surface area contributed by atoms with Crippen LogP contribution in [0, 0.1) is 12.8 Å². The molecule has 0 aromatic heterocycles. The summed E-state index contributed by atoms with van der Waals surface area (Å²) in [6, 6.07) is 21.5. The molecule has 1 aliphatic heterocycles. The molecular weight excluding hydrogens is 861 g/mol. The Kier molecular flexibility index (Phi) is 19.1. The lowest BCUT2D eigenvalue weighted by molar-refractivity contribution is -0.153. The normalized spacial score (nSPS) is 18.8. The molecule has 1 heterocycles. The highest BCUT2D eigenvalue weighted by Crippen LogP contribution is 2.49. The fraction of sp³-hybridized carbons (Fsp3) is 0.540. The maximum Gasteiger partial charge on any atom is 0.342 e. The van der Waals surface area contributed by atoms with Crippen molar-refractivity contribution in [2.75, 3.05) is 20.5 Å². The van der Waals surface area contributed by atoms with Gasteiger partial charge in [-0.15, -0.1) is 11.8 Å². The molecule has 11 nitrogen and oxygen atoms in total. The van der Waals surface area contributed by atoms with Gasteiger partial charge in [-0.1, -0.05) is 89.8 Å². The Bertz CT molecular complexity index is 2030. The third-order valence-corrected chi connectivity index (χ3v) is 19.4. The second-order valence-electron chi connectivity index (χ2n) is 19.8. The molecule has 2 unspecified atom stereocenters. The van der Waals surface area contributed by atoms with Gasteiger partial charge in [0.05, 0.1) is 30.3 Å². The number of carbonyl (C=O) groups is 2. The molecule has 0 radical (unpaired) electrons. The van der Waals surface area contributed by atoms with Crippen LogP contribution in [0.25, 0.3) is 0 Å². The van der Waals surface area contributed by atoms with Gasteiger partial charge >= 0.3 is 11.9 Å². The number of benzene rings is 3. The van der Waals surface area contributed by atoms with Crippen molar-refractivity contribution in [3.05, 3.63) is 101 Å². The summed E-state index contributed by atoms with van der Waals surface area (Å²) in [4.78, 5) is 33.9. The molecule has 3 aromatic rings. The molecule has 64 heavy (non-hydrogen) atoms. The Morgan fingerprint density at radius 3 is 2.19 bits per heavy atom. The van der Waals surface area contributed by atoms with Gasteiger partial charge in [-0.3, -0.25) is 0 Å². The number of rotatable bonds is 22. The van der Waals surface area contributed by atoms with Gasteiger partial charge in [-0.2, -0.15) is 0 Å². The van der Waals surface area contributed by atoms with Gasteiger partial charge in [0.2, 0.25) is 0 Å². The van der Waals surface area contributed by atoms with Gasteiger partial charge in [0.1, 0.15) is 23.5 Å². The van der Waals surface area contributed by atoms with Crippen molar-refractivity contribution in [1.29, 1.82) is 0 Å². The van der Waals surface area contributed by atoms with E-state index in [1.54, 1.807) is 30.0 Å². The SMILES string of the molecule is COCOc1cc(C)c(N=CN)c(C(CC[C@@H]2OC(C)(C)O[C@@H]2C(/C=C\[C@@H](C)[C@@H](C)O[Si](C)(C)C(C)(C)C)OC(=O)c2ccccc2)Sc2ccccc2)c1C(=O)OCC[Si](C)(C)C. The number of aliphatic imine (C=N–C) groups is 1. The Morgan fingerprint density at radius 1 is 0.953 bits per heavy atom. The van der Waals surface area contributed by atoms with Gasteiger partial charge in [-0.25, -0.2) is 14.6 Å². The molecule has 0 amide bonds. The summed E-state index contributed by atoms with van der Waals surface area (Å²) in [5, 5.41) is -0.348. The minimum atomic E-state index is -2.06. The largest absolute Gasteiger partial charge is 0.467 e. The first-order chi connectivity index (χ1) is 30.0. The summed E-state index contributed by atoms with van der Waals surface area (Å²) < 4.78 is 44.0. The quantitative estimate of drug-likeness (QED) is 0.0196. The van der Waals surface area contributed by atoms with Gasteiger partial charge in [0.15, 0.2) is 20.9 Å². The predicted molar refractivity (Wildman–Crippen MR) is 264 cm³/mol. The van der Waals surface area contributed by atoms with E-state index in [0.29, 0.717) is 35.4 Å². The third-order valence-electron chi connectivity index (χ3n) is 11.8. The molecule has 1 saturated heterocycles. The average molecular weight is 935 g/mol. The fourth-order valence-corrected chi connectivity index (χ4v) is 10.6. The van der Waals surface area contributed by atoms with E-state index < -0.39 is 57.7 Å². The zero-order valence-corrected chi connectivity index (χ0v) is 43.5. The molecule has 14 heteroatoms. The lowest BCUT2D eigenvalue weighted by atomic mass is 9.93. The molecule has 1 fully saturated rings. The zero-order chi connectivity index (χ0) is 47.5. The highest BCUT2D eigenvalue weighted by atomic mass is 32.2. The topological polar surface area (TPSA) is 137 Å². The fourth-order valence-electron chi connectivity index (χ4n) is 7.11. The molecule has 2 N–H and O–H groups in total. The van der Waals surface area contributed by atoms with E-state index in [-0.39, 0.29) is 36.0 Å². The van der Waals surface area contributed by atoms with Crippen LogP contribution in [-0.4, -0.2) is 85.4 Å². The molecule has 352 valence electrons. The monoisotopic (exact) mass is 934 g/mol. The number of aryl methyl sites for hydroxylation is 1. The molecular formula is C50H74N2O9SSi2. The Labute approximate surface area is 389 Å². The van der Waals surface area contributed by atoms with Crippen LogP contribution in [0.1, 0.15) is 98.4 Å². The van der Waals surface area contributed by atoms with E-state index in [1.165, 1.54) is 13.4 Å². The molecule has 1 aliphatic rings.